The van der Waals surface area contributed by atoms with Gasteiger partial charge in [0.25, 0.3) is 0 Å². The maximum absolute atomic E-state index is 6.16. The summed E-state index contributed by atoms with van der Waals surface area (Å²) in [6, 6.07) is 11.5. The quantitative estimate of drug-likeness (QED) is 0.665. The highest BCUT2D eigenvalue weighted by Gasteiger charge is 2.08. The SMILES string of the molecule is COc1ccc(Nc2nc3cccc(Cl)c3s2)cc1Br. The molecular weight excluding hydrogens is 360 g/mol. The lowest BCUT2D eigenvalue weighted by atomic mass is 10.3. The van der Waals surface area contributed by atoms with E-state index in [0.717, 1.165) is 36.3 Å². The average molecular weight is 370 g/mol. The first-order valence-electron chi connectivity index (χ1n) is 5.83. The zero-order valence-corrected chi connectivity index (χ0v) is 13.6. The molecule has 1 N–H and O–H groups in total. The Morgan fingerprint density at radius 3 is 2.85 bits per heavy atom. The van der Waals surface area contributed by atoms with Gasteiger partial charge in [-0.15, -0.1) is 0 Å². The molecule has 0 aliphatic carbocycles. The number of methoxy groups -OCH3 is 1. The number of anilines is 2. The number of thiazole rings is 1. The maximum Gasteiger partial charge on any atom is 0.188 e. The van der Waals surface area contributed by atoms with E-state index in [4.69, 9.17) is 16.3 Å². The van der Waals surface area contributed by atoms with Gasteiger partial charge >= 0.3 is 0 Å². The fourth-order valence-corrected chi connectivity index (χ4v) is 3.55. The van der Waals surface area contributed by atoms with Crippen LogP contribution in [0.25, 0.3) is 10.2 Å². The summed E-state index contributed by atoms with van der Waals surface area (Å²) in [6.45, 7) is 0. The summed E-state index contributed by atoms with van der Waals surface area (Å²) < 4.78 is 7.09. The van der Waals surface area contributed by atoms with Crippen LogP contribution in [0.5, 0.6) is 5.75 Å². The van der Waals surface area contributed by atoms with E-state index in [1.807, 2.05) is 36.4 Å². The lowest BCUT2D eigenvalue weighted by Gasteiger charge is -2.06. The number of nitrogens with one attached hydrogen (secondary N) is 1. The van der Waals surface area contributed by atoms with Crippen LogP contribution in [0.2, 0.25) is 5.02 Å². The van der Waals surface area contributed by atoms with Crippen molar-refractivity contribution in [3.8, 4) is 5.75 Å². The molecule has 0 bridgehead atoms. The summed E-state index contributed by atoms with van der Waals surface area (Å²) >= 11 is 11.2. The Kier molecular flexibility index (Phi) is 3.83. The Morgan fingerprint density at radius 1 is 1.30 bits per heavy atom. The molecule has 3 nitrogen and oxygen atoms in total. The third kappa shape index (κ3) is 2.61. The zero-order valence-electron chi connectivity index (χ0n) is 10.5. The Labute approximate surface area is 133 Å². The number of rotatable bonds is 3. The van der Waals surface area contributed by atoms with Crippen molar-refractivity contribution in [3.63, 3.8) is 0 Å². The van der Waals surface area contributed by atoms with Crippen LogP contribution < -0.4 is 10.1 Å². The molecule has 3 aromatic rings. The van der Waals surface area contributed by atoms with Crippen LogP contribution >= 0.6 is 38.9 Å². The van der Waals surface area contributed by atoms with Gasteiger partial charge in [0.1, 0.15) is 5.75 Å². The summed E-state index contributed by atoms with van der Waals surface area (Å²) in [5.74, 6) is 0.794. The number of hydrogen-bond donors (Lipinski definition) is 1. The molecular formula is C14H10BrClN2OS. The molecule has 0 aliphatic rings. The number of halogens is 2. The third-order valence-corrected chi connectivity index (χ3v) is 4.84. The van der Waals surface area contributed by atoms with Gasteiger partial charge in [-0.3, -0.25) is 0 Å². The van der Waals surface area contributed by atoms with Crippen LogP contribution in [0.1, 0.15) is 0 Å². The molecule has 0 spiro atoms. The predicted octanol–water partition coefficient (Wildman–Crippen LogP) is 5.46. The molecule has 0 saturated carbocycles. The van der Waals surface area contributed by atoms with Crippen molar-refractivity contribution in [1.29, 1.82) is 0 Å². The topological polar surface area (TPSA) is 34.1 Å². The van der Waals surface area contributed by atoms with Crippen LogP contribution in [0.15, 0.2) is 40.9 Å². The molecule has 1 heterocycles. The van der Waals surface area contributed by atoms with E-state index < -0.39 is 0 Å². The smallest absolute Gasteiger partial charge is 0.188 e. The minimum Gasteiger partial charge on any atom is -0.496 e. The molecule has 6 heteroatoms. The van der Waals surface area contributed by atoms with Crippen LogP contribution in [0.4, 0.5) is 10.8 Å². The second-order valence-corrected chi connectivity index (χ2v) is 6.34. The lowest BCUT2D eigenvalue weighted by Crippen LogP contribution is -1.90. The van der Waals surface area contributed by atoms with Crippen molar-refractivity contribution in [1.82, 2.24) is 4.98 Å². The fourth-order valence-electron chi connectivity index (χ4n) is 1.84. The summed E-state index contributed by atoms with van der Waals surface area (Å²) in [6.07, 6.45) is 0. The summed E-state index contributed by atoms with van der Waals surface area (Å²) in [5, 5.41) is 4.81. The molecule has 20 heavy (non-hydrogen) atoms. The maximum atomic E-state index is 6.16. The second-order valence-electron chi connectivity index (χ2n) is 4.08. The minimum atomic E-state index is 0.726. The zero-order chi connectivity index (χ0) is 14.1. The first-order chi connectivity index (χ1) is 9.67. The van der Waals surface area contributed by atoms with Gasteiger partial charge in [0, 0.05) is 5.69 Å². The van der Waals surface area contributed by atoms with Gasteiger partial charge in [-0.25, -0.2) is 4.98 Å². The number of fused-ring (bicyclic) bond motifs is 1. The molecule has 0 amide bonds. The molecule has 0 atom stereocenters. The summed E-state index contributed by atoms with van der Waals surface area (Å²) in [5.41, 5.74) is 1.84. The first kappa shape index (κ1) is 13.7. The first-order valence-corrected chi connectivity index (χ1v) is 7.82. The van der Waals surface area contributed by atoms with Gasteiger partial charge in [-0.2, -0.15) is 0 Å². The highest BCUT2D eigenvalue weighted by Crippen LogP contribution is 2.34. The van der Waals surface area contributed by atoms with Crippen molar-refractivity contribution >= 4 is 59.9 Å². The van der Waals surface area contributed by atoms with Gasteiger partial charge in [-0.1, -0.05) is 29.0 Å². The van der Waals surface area contributed by atoms with Crippen LogP contribution in [-0.2, 0) is 0 Å². The molecule has 0 fully saturated rings. The number of ether oxygens (including phenoxy) is 1. The van der Waals surface area contributed by atoms with Gasteiger partial charge < -0.3 is 10.1 Å². The standard InChI is InChI=1S/C14H10BrClN2OS/c1-19-12-6-5-8(7-9(12)15)17-14-18-11-4-2-3-10(16)13(11)20-14/h2-7H,1H3,(H,17,18). The van der Waals surface area contributed by atoms with Crippen LogP contribution in [0, 0.1) is 0 Å². The molecule has 1 aromatic heterocycles. The number of aromatic nitrogens is 1. The van der Waals surface area contributed by atoms with Crippen molar-refractivity contribution in [2.24, 2.45) is 0 Å². The largest absolute Gasteiger partial charge is 0.496 e. The monoisotopic (exact) mass is 368 g/mol. The van der Waals surface area contributed by atoms with Gasteiger partial charge in [-0.05, 0) is 46.3 Å². The van der Waals surface area contributed by atoms with E-state index in [1.165, 1.54) is 11.3 Å². The van der Waals surface area contributed by atoms with Crippen molar-refractivity contribution < 1.29 is 4.74 Å². The van der Waals surface area contributed by atoms with Gasteiger partial charge in [0.15, 0.2) is 5.13 Å². The Bertz CT molecular complexity index is 775. The lowest BCUT2D eigenvalue weighted by molar-refractivity contribution is 0.412. The predicted molar refractivity (Wildman–Crippen MR) is 88.6 cm³/mol. The Morgan fingerprint density at radius 2 is 2.15 bits per heavy atom. The molecule has 0 unspecified atom stereocenters. The van der Waals surface area contributed by atoms with E-state index in [9.17, 15) is 0 Å². The van der Waals surface area contributed by atoms with Crippen molar-refractivity contribution in [2.45, 2.75) is 0 Å². The molecule has 0 radical (unpaired) electrons. The van der Waals surface area contributed by atoms with Crippen molar-refractivity contribution in [3.05, 3.63) is 45.9 Å². The van der Waals surface area contributed by atoms with Crippen molar-refractivity contribution in [2.75, 3.05) is 12.4 Å². The summed E-state index contributed by atoms with van der Waals surface area (Å²) in [7, 11) is 1.64. The highest BCUT2D eigenvalue weighted by atomic mass is 79.9. The van der Waals surface area contributed by atoms with E-state index >= 15 is 0 Å². The molecule has 3 rings (SSSR count). The normalized spacial score (nSPS) is 10.8. The van der Waals surface area contributed by atoms with E-state index in [2.05, 4.69) is 26.2 Å². The van der Waals surface area contributed by atoms with Crippen LogP contribution in [-0.4, -0.2) is 12.1 Å². The average Bonchev–Trinajstić information content (AvgIpc) is 2.83. The van der Waals surface area contributed by atoms with E-state index in [0.29, 0.717) is 0 Å². The Balaban J connectivity index is 1.93. The number of hydrogen-bond acceptors (Lipinski definition) is 4. The third-order valence-electron chi connectivity index (χ3n) is 2.77. The second kappa shape index (κ2) is 5.60. The minimum absolute atomic E-state index is 0.726. The van der Waals surface area contributed by atoms with Gasteiger partial charge in [0.05, 0.1) is 26.8 Å². The molecule has 2 aromatic carbocycles. The molecule has 102 valence electrons. The summed E-state index contributed by atoms with van der Waals surface area (Å²) in [4.78, 5) is 4.52. The fraction of sp³-hybridized carbons (Fsp3) is 0.0714. The number of nitrogens with zero attached hydrogens (tertiary/aromatic N) is 1. The molecule has 0 aliphatic heterocycles. The number of benzene rings is 2. The molecule has 0 saturated heterocycles. The van der Waals surface area contributed by atoms with E-state index in [-0.39, 0.29) is 0 Å². The van der Waals surface area contributed by atoms with E-state index in [1.54, 1.807) is 7.11 Å². The Hall–Kier alpha value is -1.30. The van der Waals surface area contributed by atoms with Crippen LogP contribution in [0.3, 0.4) is 0 Å². The highest BCUT2D eigenvalue weighted by molar-refractivity contribution is 9.10. The van der Waals surface area contributed by atoms with Gasteiger partial charge in [0.2, 0.25) is 0 Å².